The Morgan fingerprint density at radius 3 is 2.66 bits per heavy atom. The first-order valence-corrected chi connectivity index (χ1v) is 9.10. The predicted molar refractivity (Wildman–Crippen MR) is 108 cm³/mol. The minimum Gasteiger partial charge on any atom is -0.497 e. The summed E-state index contributed by atoms with van der Waals surface area (Å²) in [6, 6.07) is 14.3. The number of aromatic nitrogens is 3. The number of hydrogen-bond donors (Lipinski definition) is 2. The van der Waals surface area contributed by atoms with Crippen LogP contribution in [0, 0.1) is 6.92 Å². The van der Waals surface area contributed by atoms with E-state index < -0.39 is 0 Å². The molecule has 9 nitrogen and oxygen atoms in total. The van der Waals surface area contributed by atoms with Crippen molar-refractivity contribution in [3.8, 4) is 11.4 Å². The van der Waals surface area contributed by atoms with Crippen LogP contribution in [0.5, 0.6) is 5.75 Å². The van der Waals surface area contributed by atoms with Crippen LogP contribution in [0.15, 0.2) is 48.5 Å². The average molecular weight is 392 g/mol. The van der Waals surface area contributed by atoms with Gasteiger partial charge in [-0.05, 0) is 43.3 Å². The lowest BCUT2D eigenvalue weighted by Crippen LogP contribution is -2.27. The number of nitrogens with one attached hydrogen (secondary N) is 2. The summed E-state index contributed by atoms with van der Waals surface area (Å²) in [5, 5.41) is 13.7. The summed E-state index contributed by atoms with van der Waals surface area (Å²) in [6.07, 6.45) is 0. The Kier molecular flexibility index (Phi) is 4.86. The molecule has 0 saturated carbocycles. The number of anilines is 2. The summed E-state index contributed by atoms with van der Waals surface area (Å²) in [5.41, 5.74) is 2.98. The number of hydrogen-bond acceptors (Lipinski definition) is 5. The lowest BCUT2D eigenvalue weighted by molar-refractivity contribution is 0.102. The summed E-state index contributed by atoms with van der Waals surface area (Å²) in [7, 11) is 1.59. The topological polar surface area (TPSA) is 101 Å². The van der Waals surface area contributed by atoms with Crippen LogP contribution in [0.3, 0.4) is 0 Å². The van der Waals surface area contributed by atoms with Gasteiger partial charge in [0.05, 0.1) is 18.5 Å². The quantitative estimate of drug-likeness (QED) is 0.694. The molecule has 4 rings (SSSR count). The molecule has 29 heavy (non-hydrogen) atoms. The van der Waals surface area contributed by atoms with Gasteiger partial charge in [0.15, 0.2) is 5.69 Å². The van der Waals surface area contributed by atoms with E-state index in [1.54, 1.807) is 47.9 Å². The normalized spacial score (nSPS) is 13.3. The van der Waals surface area contributed by atoms with E-state index >= 15 is 0 Å². The van der Waals surface area contributed by atoms with Crippen molar-refractivity contribution in [2.45, 2.75) is 6.92 Å². The van der Waals surface area contributed by atoms with E-state index in [1.165, 1.54) is 0 Å². The van der Waals surface area contributed by atoms with E-state index in [0.717, 1.165) is 11.4 Å². The number of ether oxygens (including phenoxy) is 1. The Morgan fingerprint density at radius 2 is 1.97 bits per heavy atom. The van der Waals surface area contributed by atoms with Crippen LogP contribution in [0.1, 0.15) is 16.2 Å². The summed E-state index contributed by atoms with van der Waals surface area (Å²) < 4.78 is 6.82. The van der Waals surface area contributed by atoms with Crippen LogP contribution in [0.25, 0.3) is 5.69 Å². The van der Waals surface area contributed by atoms with Crippen LogP contribution >= 0.6 is 0 Å². The van der Waals surface area contributed by atoms with E-state index in [-0.39, 0.29) is 17.6 Å². The fraction of sp³-hybridized carbons (Fsp3) is 0.200. The third-order valence-corrected chi connectivity index (χ3v) is 4.70. The van der Waals surface area contributed by atoms with Crippen LogP contribution < -0.4 is 20.3 Å². The minimum atomic E-state index is -0.358. The number of carbonyl (C=O) groups is 2. The minimum absolute atomic E-state index is 0.119. The standard InChI is InChI=1S/C20H20N6O3/c1-13-18(23-24-26(13)16-4-3-5-17(12-16)29-2)19(27)22-14-6-8-15(9-7-14)25-11-10-21-20(25)28/h3-9,12H,10-11H2,1-2H3,(H,21,28)(H,22,27). The zero-order valence-corrected chi connectivity index (χ0v) is 16.0. The Morgan fingerprint density at radius 1 is 1.17 bits per heavy atom. The third-order valence-electron chi connectivity index (χ3n) is 4.70. The number of amides is 3. The van der Waals surface area contributed by atoms with Crippen LogP contribution in [0.2, 0.25) is 0 Å². The maximum Gasteiger partial charge on any atom is 0.321 e. The smallest absolute Gasteiger partial charge is 0.321 e. The number of benzene rings is 2. The molecule has 0 spiro atoms. The lowest BCUT2D eigenvalue weighted by atomic mass is 10.2. The number of methoxy groups -OCH3 is 1. The van der Waals surface area contributed by atoms with Gasteiger partial charge in [-0.15, -0.1) is 5.10 Å². The maximum atomic E-state index is 12.7. The molecule has 2 N–H and O–H groups in total. The van der Waals surface area contributed by atoms with Crippen molar-refractivity contribution < 1.29 is 14.3 Å². The van der Waals surface area contributed by atoms with Crippen molar-refractivity contribution in [2.75, 3.05) is 30.4 Å². The van der Waals surface area contributed by atoms with Gasteiger partial charge in [0.25, 0.3) is 5.91 Å². The van der Waals surface area contributed by atoms with Crippen molar-refractivity contribution in [2.24, 2.45) is 0 Å². The summed E-state index contributed by atoms with van der Waals surface area (Å²) >= 11 is 0. The second-order valence-corrected chi connectivity index (χ2v) is 6.52. The van der Waals surface area contributed by atoms with Gasteiger partial charge >= 0.3 is 6.03 Å². The molecule has 1 aromatic heterocycles. The average Bonchev–Trinajstić information content (AvgIpc) is 3.34. The predicted octanol–water partition coefficient (Wildman–Crippen LogP) is 2.37. The van der Waals surface area contributed by atoms with Crippen LogP contribution in [0.4, 0.5) is 16.2 Å². The SMILES string of the molecule is COc1cccc(-n2nnc(C(=O)Nc3ccc(N4CCNC4=O)cc3)c2C)c1. The van der Waals surface area contributed by atoms with Gasteiger partial charge in [0, 0.05) is 30.5 Å². The van der Waals surface area contributed by atoms with Gasteiger partial charge in [-0.3, -0.25) is 9.69 Å². The Balaban J connectivity index is 1.50. The van der Waals surface area contributed by atoms with Crippen molar-refractivity contribution >= 4 is 23.3 Å². The Labute approximate surface area is 167 Å². The second kappa shape index (κ2) is 7.63. The molecule has 9 heteroatoms. The van der Waals surface area contributed by atoms with Gasteiger partial charge in [-0.2, -0.15) is 0 Å². The van der Waals surface area contributed by atoms with Crippen molar-refractivity contribution in [3.05, 3.63) is 59.9 Å². The molecule has 2 aromatic carbocycles. The highest BCUT2D eigenvalue weighted by Crippen LogP contribution is 2.21. The summed E-state index contributed by atoms with van der Waals surface area (Å²) in [5.74, 6) is 0.332. The van der Waals surface area contributed by atoms with Crippen molar-refractivity contribution in [1.82, 2.24) is 20.3 Å². The van der Waals surface area contributed by atoms with E-state index in [2.05, 4.69) is 20.9 Å². The van der Waals surface area contributed by atoms with Crippen molar-refractivity contribution in [3.63, 3.8) is 0 Å². The molecule has 1 aliphatic heterocycles. The molecule has 0 aliphatic carbocycles. The molecular weight excluding hydrogens is 372 g/mol. The molecule has 0 atom stereocenters. The van der Waals surface area contributed by atoms with Gasteiger partial charge in [0.1, 0.15) is 5.75 Å². The second-order valence-electron chi connectivity index (χ2n) is 6.52. The fourth-order valence-electron chi connectivity index (χ4n) is 3.16. The first-order valence-electron chi connectivity index (χ1n) is 9.10. The zero-order valence-electron chi connectivity index (χ0n) is 16.0. The van der Waals surface area contributed by atoms with Crippen LogP contribution in [-0.2, 0) is 0 Å². The molecule has 2 heterocycles. The first kappa shape index (κ1) is 18.5. The highest BCUT2D eigenvalue weighted by atomic mass is 16.5. The lowest BCUT2D eigenvalue weighted by Gasteiger charge is -2.14. The highest BCUT2D eigenvalue weighted by Gasteiger charge is 2.21. The number of urea groups is 1. The van der Waals surface area contributed by atoms with Gasteiger partial charge in [-0.25, -0.2) is 9.48 Å². The third kappa shape index (κ3) is 3.62. The molecule has 3 amide bonds. The first-order chi connectivity index (χ1) is 14.1. The Hall–Kier alpha value is -3.88. The Bertz CT molecular complexity index is 1060. The molecule has 148 valence electrons. The molecule has 1 saturated heterocycles. The van der Waals surface area contributed by atoms with Gasteiger partial charge in [0.2, 0.25) is 0 Å². The van der Waals surface area contributed by atoms with Crippen LogP contribution in [-0.4, -0.2) is 47.1 Å². The van der Waals surface area contributed by atoms with Gasteiger partial charge < -0.3 is 15.4 Å². The monoisotopic (exact) mass is 392 g/mol. The number of nitrogens with zero attached hydrogens (tertiary/aromatic N) is 4. The van der Waals surface area contributed by atoms with E-state index in [1.807, 2.05) is 24.3 Å². The molecule has 0 bridgehead atoms. The molecule has 3 aromatic rings. The summed E-state index contributed by atoms with van der Waals surface area (Å²) in [4.78, 5) is 26.1. The van der Waals surface area contributed by atoms with E-state index in [4.69, 9.17) is 4.74 Å². The highest BCUT2D eigenvalue weighted by molar-refractivity contribution is 6.03. The molecular formula is C20H20N6O3. The molecule has 0 unspecified atom stereocenters. The summed E-state index contributed by atoms with van der Waals surface area (Å²) in [6.45, 7) is 3.03. The largest absolute Gasteiger partial charge is 0.497 e. The maximum absolute atomic E-state index is 12.7. The molecule has 0 radical (unpaired) electrons. The molecule has 1 aliphatic rings. The number of carbonyl (C=O) groups excluding carboxylic acids is 2. The van der Waals surface area contributed by atoms with Gasteiger partial charge in [-0.1, -0.05) is 11.3 Å². The molecule has 1 fully saturated rings. The van der Waals surface area contributed by atoms with E-state index in [9.17, 15) is 9.59 Å². The van der Waals surface area contributed by atoms with E-state index in [0.29, 0.717) is 30.2 Å². The zero-order chi connectivity index (χ0) is 20.4. The fourth-order valence-corrected chi connectivity index (χ4v) is 3.16. The van der Waals surface area contributed by atoms with Crippen molar-refractivity contribution in [1.29, 1.82) is 0 Å². The number of rotatable bonds is 5.